The largest absolute Gasteiger partial charge is 0.454 e. The topological polar surface area (TPSA) is 76.7 Å². The summed E-state index contributed by atoms with van der Waals surface area (Å²) in [6.45, 7) is 0.198. The van der Waals surface area contributed by atoms with E-state index in [-0.39, 0.29) is 6.79 Å². The van der Waals surface area contributed by atoms with E-state index in [4.69, 9.17) is 9.47 Å². The summed E-state index contributed by atoms with van der Waals surface area (Å²) in [5.41, 5.74) is 5.89. The molecule has 0 atom stereocenters. The van der Waals surface area contributed by atoms with Crippen LogP contribution in [0.4, 0.5) is 0 Å². The molecule has 0 saturated heterocycles. The molecule has 3 rings (SSSR count). The van der Waals surface area contributed by atoms with Gasteiger partial charge >= 0.3 is 0 Å². The lowest BCUT2D eigenvalue weighted by molar-refractivity contribution is -0.117. The van der Waals surface area contributed by atoms with Crippen LogP contribution in [0.15, 0.2) is 53.0 Å². The molecule has 0 radical (unpaired) electrons. The molecule has 0 aliphatic carbocycles. The fourth-order valence-corrected chi connectivity index (χ4v) is 2.53. The molecule has 1 aliphatic heterocycles. The maximum Gasteiger partial charge on any atom is 0.270 e. The summed E-state index contributed by atoms with van der Waals surface area (Å²) in [5, 5.41) is 0. The number of hydrogen-bond donors (Lipinski definition) is 2. The molecular formula is C17H13BrN2O4. The molecule has 0 bridgehead atoms. The quantitative estimate of drug-likeness (QED) is 0.625. The highest BCUT2D eigenvalue weighted by molar-refractivity contribution is 9.10. The highest BCUT2D eigenvalue weighted by Crippen LogP contribution is 2.32. The summed E-state index contributed by atoms with van der Waals surface area (Å²) in [7, 11) is 0. The molecule has 0 saturated carbocycles. The first-order valence-electron chi connectivity index (χ1n) is 7.06. The van der Waals surface area contributed by atoms with Gasteiger partial charge in [-0.3, -0.25) is 20.4 Å². The van der Waals surface area contributed by atoms with Crippen molar-refractivity contribution in [1.82, 2.24) is 10.9 Å². The van der Waals surface area contributed by atoms with Gasteiger partial charge in [-0.15, -0.1) is 0 Å². The molecule has 1 heterocycles. The fraction of sp³-hybridized carbons (Fsp3) is 0.0588. The van der Waals surface area contributed by atoms with Crippen LogP contribution in [-0.4, -0.2) is 18.6 Å². The molecule has 2 aromatic carbocycles. The van der Waals surface area contributed by atoms with Crippen LogP contribution in [0.3, 0.4) is 0 Å². The third-order valence-electron chi connectivity index (χ3n) is 3.24. The predicted octanol–water partition coefficient (Wildman–Crippen LogP) is 2.65. The number of nitrogens with one attached hydrogen (secondary N) is 2. The Morgan fingerprint density at radius 1 is 1.04 bits per heavy atom. The van der Waals surface area contributed by atoms with Gasteiger partial charge in [0, 0.05) is 10.5 Å². The van der Waals surface area contributed by atoms with Gasteiger partial charge in [0.15, 0.2) is 11.5 Å². The maximum absolute atomic E-state index is 12.0. The zero-order valence-electron chi connectivity index (χ0n) is 12.4. The van der Waals surface area contributed by atoms with Crippen molar-refractivity contribution in [3.05, 3.63) is 64.1 Å². The molecule has 2 aromatic rings. The highest BCUT2D eigenvalue weighted by atomic mass is 79.9. The van der Waals surface area contributed by atoms with Crippen molar-refractivity contribution in [2.24, 2.45) is 0 Å². The zero-order chi connectivity index (χ0) is 16.9. The van der Waals surface area contributed by atoms with Crippen LogP contribution in [-0.2, 0) is 4.79 Å². The van der Waals surface area contributed by atoms with Crippen molar-refractivity contribution in [3.8, 4) is 11.5 Å². The minimum atomic E-state index is -0.451. The van der Waals surface area contributed by atoms with Gasteiger partial charge in [-0.2, -0.15) is 0 Å². The summed E-state index contributed by atoms with van der Waals surface area (Å²) < 4.78 is 11.1. The van der Waals surface area contributed by atoms with Crippen molar-refractivity contribution in [2.75, 3.05) is 6.79 Å². The number of hydrogen-bond acceptors (Lipinski definition) is 4. The third-order valence-corrected chi connectivity index (χ3v) is 3.93. The van der Waals surface area contributed by atoms with Crippen LogP contribution < -0.4 is 20.3 Å². The number of halogens is 1. The number of carbonyl (C=O) groups is 2. The van der Waals surface area contributed by atoms with Gasteiger partial charge in [0.25, 0.3) is 11.8 Å². The molecule has 6 nitrogen and oxygen atoms in total. The number of hydrazine groups is 1. The summed E-state index contributed by atoms with van der Waals surface area (Å²) in [4.78, 5) is 23.8. The van der Waals surface area contributed by atoms with Crippen LogP contribution in [0.25, 0.3) is 6.08 Å². The first-order chi connectivity index (χ1) is 11.6. The van der Waals surface area contributed by atoms with Gasteiger partial charge in [-0.25, -0.2) is 0 Å². The molecule has 7 heteroatoms. The molecule has 0 aromatic heterocycles. The summed E-state index contributed by atoms with van der Waals surface area (Å²) in [6, 6.07) is 12.3. The number of amides is 2. The third kappa shape index (κ3) is 3.75. The fourth-order valence-electron chi connectivity index (χ4n) is 2.06. The molecule has 2 N–H and O–H groups in total. The molecule has 122 valence electrons. The summed E-state index contributed by atoms with van der Waals surface area (Å²) in [5.74, 6) is 0.456. The SMILES string of the molecule is O=C(/C=C/c1ccc2c(c1)OCO2)NNC(=O)c1ccccc1Br. The first kappa shape index (κ1) is 16.1. The number of carbonyl (C=O) groups excluding carboxylic acids is 2. The van der Waals surface area contributed by atoms with E-state index in [2.05, 4.69) is 26.8 Å². The minimum absolute atomic E-state index is 0.198. The average molecular weight is 389 g/mol. The molecular weight excluding hydrogens is 376 g/mol. The molecule has 0 fully saturated rings. The first-order valence-corrected chi connectivity index (χ1v) is 7.85. The van der Waals surface area contributed by atoms with Gasteiger partial charge in [-0.1, -0.05) is 18.2 Å². The lowest BCUT2D eigenvalue weighted by Crippen LogP contribution is -2.40. The van der Waals surface area contributed by atoms with Gasteiger partial charge in [0.2, 0.25) is 6.79 Å². The van der Waals surface area contributed by atoms with E-state index in [0.717, 1.165) is 5.56 Å². The van der Waals surface area contributed by atoms with Crippen LogP contribution in [0, 0.1) is 0 Å². The van der Waals surface area contributed by atoms with E-state index in [1.807, 2.05) is 0 Å². The number of rotatable bonds is 3. The van der Waals surface area contributed by atoms with Crippen LogP contribution >= 0.6 is 15.9 Å². The van der Waals surface area contributed by atoms with E-state index < -0.39 is 11.8 Å². The van der Waals surface area contributed by atoms with Crippen molar-refractivity contribution < 1.29 is 19.1 Å². The Labute approximate surface area is 146 Å². The van der Waals surface area contributed by atoms with Gasteiger partial charge in [0.1, 0.15) is 0 Å². The van der Waals surface area contributed by atoms with Crippen molar-refractivity contribution in [1.29, 1.82) is 0 Å². The normalized spacial score (nSPS) is 12.2. The minimum Gasteiger partial charge on any atom is -0.454 e. The van der Waals surface area contributed by atoms with Gasteiger partial charge < -0.3 is 9.47 Å². The average Bonchev–Trinajstić information content (AvgIpc) is 3.06. The van der Waals surface area contributed by atoms with Crippen LogP contribution in [0.2, 0.25) is 0 Å². The van der Waals surface area contributed by atoms with Crippen molar-refractivity contribution in [3.63, 3.8) is 0 Å². The monoisotopic (exact) mass is 388 g/mol. The second-order valence-electron chi connectivity index (χ2n) is 4.87. The lowest BCUT2D eigenvalue weighted by atomic mass is 10.2. The van der Waals surface area contributed by atoms with Gasteiger partial charge in [-0.05, 0) is 51.8 Å². The molecule has 2 amide bonds. The zero-order valence-corrected chi connectivity index (χ0v) is 14.0. The number of ether oxygens (including phenoxy) is 2. The standard InChI is InChI=1S/C17H13BrN2O4/c18-13-4-2-1-3-12(13)17(22)20-19-16(21)8-6-11-5-7-14-15(9-11)24-10-23-14/h1-9H,10H2,(H,19,21)(H,20,22)/b8-6+. The smallest absolute Gasteiger partial charge is 0.270 e. The summed E-state index contributed by atoms with van der Waals surface area (Å²) in [6.07, 6.45) is 2.93. The molecule has 24 heavy (non-hydrogen) atoms. The van der Waals surface area contributed by atoms with Gasteiger partial charge in [0.05, 0.1) is 5.56 Å². The number of benzene rings is 2. The Morgan fingerprint density at radius 2 is 1.83 bits per heavy atom. The van der Waals surface area contributed by atoms with E-state index in [0.29, 0.717) is 21.5 Å². The Kier molecular flexibility index (Phi) is 4.81. The Balaban J connectivity index is 1.56. The Morgan fingerprint density at radius 3 is 2.67 bits per heavy atom. The van der Waals surface area contributed by atoms with Crippen molar-refractivity contribution in [2.45, 2.75) is 0 Å². The molecule has 1 aliphatic rings. The molecule has 0 spiro atoms. The Hall–Kier alpha value is -2.80. The summed E-state index contributed by atoms with van der Waals surface area (Å²) >= 11 is 3.28. The van der Waals surface area contributed by atoms with Crippen LogP contribution in [0.5, 0.6) is 11.5 Å². The number of fused-ring (bicyclic) bond motifs is 1. The Bertz CT molecular complexity index is 820. The lowest BCUT2D eigenvalue weighted by Gasteiger charge is -2.06. The van der Waals surface area contributed by atoms with Crippen LogP contribution in [0.1, 0.15) is 15.9 Å². The maximum atomic E-state index is 12.0. The van der Waals surface area contributed by atoms with Crippen molar-refractivity contribution >= 4 is 33.8 Å². The van der Waals surface area contributed by atoms with E-state index in [1.165, 1.54) is 6.08 Å². The second kappa shape index (κ2) is 7.18. The second-order valence-corrected chi connectivity index (χ2v) is 5.72. The predicted molar refractivity (Wildman–Crippen MR) is 91.3 cm³/mol. The van der Waals surface area contributed by atoms with E-state index >= 15 is 0 Å². The highest BCUT2D eigenvalue weighted by Gasteiger charge is 2.12. The van der Waals surface area contributed by atoms with E-state index in [1.54, 1.807) is 48.5 Å². The van der Waals surface area contributed by atoms with E-state index in [9.17, 15) is 9.59 Å². The molecule has 0 unspecified atom stereocenters.